The van der Waals surface area contributed by atoms with Crippen LogP contribution in [0.3, 0.4) is 0 Å². The molecule has 0 atom stereocenters. The normalized spacial score (nSPS) is 10.7. The van der Waals surface area contributed by atoms with E-state index < -0.39 is 0 Å². The van der Waals surface area contributed by atoms with E-state index in [0.29, 0.717) is 0 Å². The van der Waals surface area contributed by atoms with Gasteiger partial charge in [0.15, 0.2) is 0 Å². The Kier molecular flexibility index (Phi) is 4.17. The number of benzene rings is 3. The van der Waals surface area contributed by atoms with Crippen LogP contribution in [0.4, 0.5) is 0 Å². The molecule has 0 saturated heterocycles. The highest BCUT2D eigenvalue weighted by Crippen LogP contribution is 2.34. The zero-order valence-electron chi connectivity index (χ0n) is 12.9. The molecule has 0 aliphatic heterocycles. The highest BCUT2D eigenvalue weighted by atomic mass is 127. The van der Waals surface area contributed by atoms with Gasteiger partial charge in [0, 0.05) is 11.1 Å². The van der Waals surface area contributed by atoms with Gasteiger partial charge in [0.2, 0.25) is 0 Å². The molecule has 0 aliphatic carbocycles. The quantitative estimate of drug-likeness (QED) is 0.381. The zero-order valence-corrected chi connectivity index (χ0v) is 15.1. The summed E-state index contributed by atoms with van der Waals surface area (Å²) >= 11 is 2.41. The molecule has 4 aromatic rings. The van der Waals surface area contributed by atoms with Crippen LogP contribution in [0.15, 0.2) is 91.0 Å². The van der Waals surface area contributed by atoms with E-state index in [9.17, 15) is 0 Å². The average Bonchev–Trinajstić information content (AvgIpc) is 3.01. The lowest BCUT2D eigenvalue weighted by Crippen LogP contribution is -1.99. The van der Waals surface area contributed by atoms with E-state index in [0.717, 1.165) is 26.2 Å². The fraction of sp³-hybridized carbons (Fsp3) is 0. The Hall–Kier alpha value is -2.40. The molecule has 0 aliphatic rings. The van der Waals surface area contributed by atoms with Crippen molar-refractivity contribution in [3.63, 3.8) is 0 Å². The largest absolute Gasteiger partial charge is 0.231 e. The Morgan fingerprint density at radius 2 is 1.12 bits per heavy atom. The van der Waals surface area contributed by atoms with Crippen LogP contribution in [0.5, 0.6) is 0 Å². The number of halogens is 1. The minimum Gasteiger partial charge on any atom is -0.231 e. The molecular weight excluding hydrogens is 407 g/mol. The van der Waals surface area contributed by atoms with E-state index in [1.807, 2.05) is 35.0 Å². The van der Waals surface area contributed by atoms with E-state index in [-0.39, 0.29) is 0 Å². The summed E-state index contributed by atoms with van der Waals surface area (Å²) in [6, 6.07) is 31.1. The molecule has 0 N–H and O–H groups in total. The lowest BCUT2D eigenvalue weighted by atomic mass is 10.1. The standard InChI is InChI=1S/C21H15IN2/c22-19-20(16-10-4-1-5-11-16)23-24(18-14-8-3-9-15-18)21(19)17-12-6-2-7-13-17/h1-15H. The van der Waals surface area contributed by atoms with Crippen molar-refractivity contribution in [1.82, 2.24) is 9.78 Å². The first-order chi connectivity index (χ1) is 11.8. The topological polar surface area (TPSA) is 17.8 Å². The van der Waals surface area contributed by atoms with Crippen LogP contribution in [-0.4, -0.2) is 9.78 Å². The number of hydrogen-bond acceptors (Lipinski definition) is 1. The van der Waals surface area contributed by atoms with Crippen LogP contribution in [0.1, 0.15) is 0 Å². The van der Waals surface area contributed by atoms with Crippen LogP contribution in [-0.2, 0) is 0 Å². The van der Waals surface area contributed by atoms with Crippen molar-refractivity contribution in [2.24, 2.45) is 0 Å². The van der Waals surface area contributed by atoms with Crippen molar-refractivity contribution >= 4 is 22.6 Å². The van der Waals surface area contributed by atoms with Crippen LogP contribution in [0.25, 0.3) is 28.2 Å². The van der Waals surface area contributed by atoms with Crippen LogP contribution >= 0.6 is 22.6 Å². The molecule has 0 saturated carbocycles. The minimum atomic E-state index is 1.01. The first-order valence-corrected chi connectivity index (χ1v) is 8.87. The molecule has 0 bridgehead atoms. The van der Waals surface area contributed by atoms with Gasteiger partial charge in [-0.15, -0.1) is 0 Å². The highest BCUT2D eigenvalue weighted by molar-refractivity contribution is 14.1. The molecule has 4 rings (SSSR count). The number of aromatic nitrogens is 2. The SMILES string of the molecule is Ic1c(-c2ccccc2)nn(-c2ccccc2)c1-c1ccccc1. The molecule has 0 amide bonds. The third kappa shape index (κ3) is 2.76. The van der Waals surface area contributed by atoms with Gasteiger partial charge in [0.05, 0.1) is 15.0 Å². The number of rotatable bonds is 3. The van der Waals surface area contributed by atoms with Gasteiger partial charge < -0.3 is 0 Å². The summed E-state index contributed by atoms with van der Waals surface area (Å²) in [7, 11) is 0. The van der Waals surface area contributed by atoms with E-state index >= 15 is 0 Å². The lowest BCUT2D eigenvalue weighted by Gasteiger charge is -2.08. The maximum atomic E-state index is 4.94. The highest BCUT2D eigenvalue weighted by Gasteiger charge is 2.19. The van der Waals surface area contributed by atoms with Crippen LogP contribution in [0, 0.1) is 3.57 Å². The molecule has 3 aromatic carbocycles. The molecule has 0 radical (unpaired) electrons. The first kappa shape index (κ1) is 15.1. The molecule has 3 heteroatoms. The smallest absolute Gasteiger partial charge is 0.107 e. The predicted octanol–water partition coefficient (Wildman–Crippen LogP) is 5.81. The molecule has 24 heavy (non-hydrogen) atoms. The number of nitrogens with zero attached hydrogens (tertiary/aromatic N) is 2. The summed E-state index contributed by atoms with van der Waals surface area (Å²) in [5, 5.41) is 4.94. The number of para-hydroxylation sites is 1. The van der Waals surface area contributed by atoms with Gasteiger partial charge in [0.25, 0.3) is 0 Å². The summed E-state index contributed by atoms with van der Waals surface area (Å²) < 4.78 is 3.20. The average molecular weight is 422 g/mol. The second kappa shape index (κ2) is 6.61. The van der Waals surface area contributed by atoms with Gasteiger partial charge in [-0.1, -0.05) is 78.9 Å². The summed E-state index contributed by atoms with van der Waals surface area (Å²) in [6.07, 6.45) is 0. The van der Waals surface area contributed by atoms with Crippen molar-refractivity contribution in [3.8, 4) is 28.2 Å². The molecule has 1 heterocycles. The molecular formula is C21H15IN2. The van der Waals surface area contributed by atoms with E-state index in [1.54, 1.807) is 0 Å². The van der Waals surface area contributed by atoms with Crippen LogP contribution in [0.2, 0.25) is 0 Å². The summed E-state index contributed by atoms with van der Waals surface area (Å²) in [5.41, 5.74) is 5.51. The Bertz CT molecular complexity index is 945. The summed E-state index contributed by atoms with van der Waals surface area (Å²) in [5.74, 6) is 0. The summed E-state index contributed by atoms with van der Waals surface area (Å²) in [4.78, 5) is 0. The van der Waals surface area contributed by atoms with Gasteiger partial charge >= 0.3 is 0 Å². The van der Waals surface area contributed by atoms with Crippen molar-refractivity contribution < 1.29 is 0 Å². The second-order valence-corrected chi connectivity index (χ2v) is 6.57. The zero-order chi connectivity index (χ0) is 16.4. The van der Waals surface area contributed by atoms with Crippen LogP contribution < -0.4 is 0 Å². The maximum absolute atomic E-state index is 4.94. The van der Waals surface area contributed by atoms with Gasteiger partial charge in [-0.25, -0.2) is 4.68 Å². The molecule has 2 nitrogen and oxygen atoms in total. The van der Waals surface area contributed by atoms with E-state index in [4.69, 9.17) is 5.10 Å². The Morgan fingerprint density at radius 3 is 1.71 bits per heavy atom. The molecule has 0 spiro atoms. The van der Waals surface area contributed by atoms with Crippen molar-refractivity contribution in [1.29, 1.82) is 0 Å². The summed E-state index contributed by atoms with van der Waals surface area (Å²) in [6.45, 7) is 0. The van der Waals surface area contributed by atoms with E-state index in [2.05, 4.69) is 83.3 Å². The first-order valence-electron chi connectivity index (χ1n) is 7.79. The van der Waals surface area contributed by atoms with Gasteiger partial charge in [-0.05, 0) is 34.7 Å². The third-order valence-electron chi connectivity index (χ3n) is 3.92. The molecule has 116 valence electrons. The Morgan fingerprint density at radius 1 is 0.625 bits per heavy atom. The fourth-order valence-corrected chi connectivity index (χ4v) is 3.74. The minimum absolute atomic E-state index is 1.01. The fourth-order valence-electron chi connectivity index (χ4n) is 2.78. The number of hydrogen-bond donors (Lipinski definition) is 0. The van der Waals surface area contributed by atoms with E-state index in [1.165, 1.54) is 5.56 Å². The Balaban J connectivity index is 1.99. The third-order valence-corrected chi connectivity index (χ3v) is 4.94. The monoisotopic (exact) mass is 422 g/mol. The van der Waals surface area contributed by atoms with Crippen molar-refractivity contribution in [2.45, 2.75) is 0 Å². The Labute approximate surface area is 154 Å². The molecule has 0 fully saturated rings. The maximum Gasteiger partial charge on any atom is 0.107 e. The van der Waals surface area contributed by atoms with Crippen molar-refractivity contribution in [3.05, 3.63) is 94.6 Å². The van der Waals surface area contributed by atoms with Gasteiger partial charge in [0.1, 0.15) is 5.69 Å². The van der Waals surface area contributed by atoms with Gasteiger partial charge in [-0.3, -0.25) is 0 Å². The molecule has 1 aromatic heterocycles. The molecule has 0 unspecified atom stereocenters. The second-order valence-electron chi connectivity index (χ2n) is 5.49. The lowest BCUT2D eigenvalue weighted by molar-refractivity contribution is 0.892. The predicted molar refractivity (Wildman–Crippen MR) is 107 cm³/mol. The van der Waals surface area contributed by atoms with Gasteiger partial charge in [-0.2, -0.15) is 5.10 Å². The van der Waals surface area contributed by atoms with Crippen molar-refractivity contribution in [2.75, 3.05) is 0 Å².